The van der Waals surface area contributed by atoms with E-state index in [-0.39, 0.29) is 5.78 Å². The van der Waals surface area contributed by atoms with Crippen LogP contribution in [0.1, 0.15) is 16.1 Å². The molecule has 0 radical (unpaired) electrons. The highest BCUT2D eigenvalue weighted by atomic mass is 35.5. The normalized spacial score (nSPS) is 10.1. The summed E-state index contributed by atoms with van der Waals surface area (Å²) in [5.41, 5.74) is 1.17. The minimum Gasteiger partial charge on any atom is -0.359 e. The van der Waals surface area contributed by atoms with Gasteiger partial charge in [0.05, 0.1) is 5.69 Å². The Hall–Kier alpha value is -1.54. The van der Waals surface area contributed by atoms with Crippen molar-refractivity contribution in [2.75, 3.05) is 0 Å². The summed E-state index contributed by atoms with van der Waals surface area (Å²) in [5.74, 6) is -0.0440. The smallest absolute Gasteiger partial charge is 0.209 e. The number of halogens is 1. The highest BCUT2D eigenvalue weighted by molar-refractivity contribution is 6.31. The van der Waals surface area contributed by atoms with E-state index < -0.39 is 0 Å². The number of nitrogens with one attached hydrogen (secondary N) is 1. The Morgan fingerprint density at radius 3 is 2.71 bits per heavy atom. The monoisotopic (exact) mass is 205 g/mol. The first-order valence-corrected chi connectivity index (χ1v) is 4.59. The third kappa shape index (κ3) is 1.70. The van der Waals surface area contributed by atoms with Gasteiger partial charge in [-0.25, -0.2) is 0 Å². The standard InChI is InChI=1S/C11H8ClNO/c12-9-4-1-3-8(7-9)11(14)10-5-2-6-13-10/h1-7,13H. The van der Waals surface area contributed by atoms with Crippen molar-refractivity contribution in [1.82, 2.24) is 4.98 Å². The van der Waals surface area contributed by atoms with Crippen LogP contribution in [0.2, 0.25) is 5.02 Å². The molecule has 0 bridgehead atoms. The van der Waals surface area contributed by atoms with Crippen molar-refractivity contribution in [3.8, 4) is 0 Å². The number of carbonyl (C=O) groups excluding carboxylic acids is 1. The molecule has 70 valence electrons. The first kappa shape index (κ1) is 9.03. The van der Waals surface area contributed by atoms with E-state index in [0.717, 1.165) is 0 Å². The molecule has 0 unspecified atom stereocenters. The average molecular weight is 206 g/mol. The van der Waals surface area contributed by atoms with Gasteiger partial charge in [-0.1, -0.05) is 23.7 Å². The predicted octanol–water partition coefficient (Wildman–Crippen LogP) is 2.90. The molecular weight excluding hydrogens is 198 g/mol. The summed E-state index contributed by atoms with van der Waals surface area (Å²) < 4.78 is 0. The second-order valence-corrected chi connectivity index (χ2v) is 3.36. The molecule has 2 aromatic rings. The predicted molar refractivity (Wildman–Crippen MR) is 55.7 cm³/mol. The van der Waals surface area contributed by atoms with Gasteiger partial charge in [-0.3, -0.25) is 4.79 Å². The van der Waals surface area contributed by atoms with Gasteiger partial charge in [0.25, 0.3) is 0 Å². The molecule has 0 aliphatic rings. The van der Waals surface area contributed by atoms with E-state index in [9.17, 15) is 4.79 Å². The molecular formula is C11H8ClNO. The molecule has 2 nitrogen and oxygen atoms in total. The van der Waals surface area contributed by atoms with Gasteiger partial charge in [0.2, 0.25) is 5.78 Å². The fourth-order valence-corrected chi connectivity index (χ4v) is 1.45. The zero-order valence-electron chi connectivity index (χ0n) is 7.33. The lowest BCUT2D eigenvalue weighted by atomic mass is 10.1. The molecule has 0 aliphatic carbocycles. The number of aromatic amines is 1. The quantitative estimate of drug-likeness (QED) is 0.752. The van der Waals surface area contributed by atoms with E-state index in [0.29, 0.717) is 16.3 Å². The van der Waals surface area contributed by atoms with Crippen molar-refractivity contribution in [3.05, 3.63) is 58.9 Å². The molecule has 2 rings (SSSR count). The van der Waals surface area contributed by atoms with Crippen LogP contribution in [0.25, 0.3) is 0 Å². The second kappa shape index (κ2) is 3.68. The van der Waals surface area contributed by atoms with Crippen LogP contribution >= 0.6 is 11.6 Å². The van der Waals surface area contributed by atoms with Crippen LogP contribution in [-0.4, -0.2) is 10.8 Å². The summed E-state index contributed by atoms with van der Waals surface area (Å²) in [5, 5.41) is 0.572. The fourth-order valence-electron chi connectivity index (χ4n) is 1.26. The number of ketones is 1. The van der Waals surface area contributed by atoms with E-state index in [1.165, 1.54) is 0 Å². The third-order valence-corrected chi connectivity index (χ3v) is 2.16. The Labute approximate surface area is 86.5 Å². The fraction of sp³-hybridized carbons (Fsp3) is 0. The van der Waals surface area contributed by atoms with Crippen LogP contribution in [0.5, 0.6) is 0 Å². The maximum atomic E-state index is 11.8. The largest absolute Gasteiger partial charge is 0.359 e. The van der Waals surface area contributed by atoms with Crippen molar-refractivity contribution in [2.45, 2.75) is 0 Å². The molecule has 1 heterocycles. The van der Waals surface area contributed by atoms with Crippen LogP contribution in [0, 0.1) is 0 Å². The maximum Gasteiger partial charge on any atom is 0.209 e. The molecule has 0 aliphatic heterocycles. The minimum atomic E-state index is -0.0440. The Morgan fingerprint density at radius 1 is 1.21 bits per heavy atom. The molecule has 3 heteroatoms. The third-order valence-electron chi connectivity index (χ3n) is 1.93. The highest BCUT2D eigenvalue weighted by Gasteiger charge is 2.08. The van der Waals surface area contributed by atoms with E-state index in [1.54, 1.807) is 42.6 Å². The molecule has 0 fully saturated rings. The number of aromatic nitrogens is 1. The molecule has 0 spiro atoms. The van der Waals surface area contributed by atoms with Gasteiger partial charge >= 0.3 is 0 Å². The van der Waals surface area contributed by atoms with E-state index in [1.807, 2.05) is 0 Å². The molecule has 1 aromatic carbocycles. The molecule has 1 N–H and O–H groups in total. The molecule has 0 saturated carbocycles. The molecule has 1 aromatic heterocycles. The molecule has 0 saturated heterocycles. The van der Waals surface area contributed by atoms with Crippen molar-refractivity contribution in [1.29, 1.82) is 0 Å². The number of hydrogen-bond donors (Lipinski definition) is 1. The summed E-state index contributed by atoms with van der Waals surface area (Å²) in [6, 6.07) is 10.4. The van der Waals surface area contributed by atoms with Crippen molar-refractivity contribution in [3.63, 3.8) is 0 Å². The Bertz CT molecular complexity index is 448. The number of benzene rings is 1. The van der Waals surface area contributed by atoms with Gasteiger partial charge in [-0.05, 0) is 24.3 Å². The van der Waals surface area contributed by atoms with Gasteiger partial charge in [0.15, 0.2) is 0 Å². The van der Waals surface area contributed by atoms with E-state index in [2.05, 4.69) is 4.98 Å². The van der Waals surface area contributed by atoms with Crippen LogP contribution in [0.3, 0.4) is 0 Å². The number of H-pyrrole nitrogens is 1. The molecule has 0 atom stereocenters. The van der Waals surface area contributed by atoms with Gasteiger partial charge in [0.1, 0.15) is 0 Å². The summed E-state index contributed by atoms with van der Waals surface area (Å²) in [6.07, 6.45) is 1.72. The number of carbonyl (C=O) groups is 1. The highest BCUT2D eigenvalue weighted by Crippen LogP contribution is 2.13. The van der Waals surface area contributed by atoms with Gasteiger partial charge in [-0.15, -0.1) is 0 Å². The maximum absolute atomic E-state index is 11.8. The summed E-state index contributed by atoms with van der Waals surface area (Å²) in [6.45, 7) is 0. The van der Waals surface area contributed by atoms with E-state index in [4.69, 9.17) is 11.6 Å². The van der Waals surface area contributed by atoms with Crippen molar-refractivity contribution >= 4 is 17.4 Å². The average Bonchev–Trinajstić information content (AvgIpc) is 2.69. The lowest BCUT2D eigenvalue weighted by molar-refractivity contribution is 0.103. The summed E-state index contributed by atoms with van der Waals surface area (Å²) in [4.78, 5) is 14.6. The first-order chi connectivity index (χ1) is 6.77. The van der Waals surface area contributed by atoms with Crippen molar-refractivity contribution in [2.24, 2.45) is 0 Å². The SMILES string of the molecule is O=C(c1cccc(Cl)c1)c1ccc[nH]1. The zero-order chi connectivity index (χ0) is 9.97. The number of hydrogen-bond acceptors (Lipinski definition) is 1. The Kier molecular flexibility index (Phi) is 2.37. The topological polar surface area (TPSA) is 32.9 Å². The van der Waals surface area contributed by atoms with Crippen LogP contribution in [0.15, 0.2) is 42.6 Å². The van der Waals surface area contributed by atoms with Crippen LogP contribution < -0.4 is 0 Å². The summed E-state index contributed by atoms with van der Waals surface area (Å²) >= 11 is 5.79. The zero-order valence-corrected chi connectivity index (χ0v) is 8.08. The molecule has 14 heavy (non-hydrogen) atoms. The van der Waals surface area contributed by atoms with Crippen LogP contribution in [-0.2, 0) is 0 Å². The van der Waals surface area contributed by atoms with Gasteiger partial charge in [0, 0.05) is 16.8 Å². The first-order valence-electron chi connectivity index (χ1n) is 4.21. The minimum absolute atomic E-state index is 0.0440. The Balaban J connectivity index is 2.37. The van der Waals surface area contributed by atoms with Gasteiger partial charge in [-0.2, -0.15) is 0 Å². The Morgan fingerprint density at radius 2 is 2.07 bits per heavy atom. The van der Waals surface area contributed by atoms with Gasteiger partial charge < -0.3 is 4.98 Å². The van der Waals surface area contributed by atoms with Crippen LogP contribution in [0.4, 0.5) is 0 Å². The summed E-state index contributed by atoms with van der Waals surface area (Å²) in [7, 11) is 0. The second-order valence-electron chi connectivity index (χ2n) is 2.92. The lowest BCUT2D eigenvalue weighted by Crippen LogP contribution is -2.00. The van der Waals surface area contributed by atoms with E-state index >= 15 is 0 Å². The number of rotatable bonds is 2. The lowest BCUT2D eigenvalue weighted by Gasteiger charge is -1.98. The molecule has 0 amide bonds. The van der Waals surface area contributed by atoms with Crippen molar-refractivity contribution < 1.29 is 4.79 Å².